The third kappa shape index (κ3) is 6.43. The Morgan fingerprint density at radius 1 is 1.10 bits per heavy atom. The number of hydrogen-bond donors (Lipinski definition) is 1. The van der Waals surface area contributed by atoms with E-state index in [1.165, 1.54) is 20.0 Å². The van der Waals surface area contributed by atoms with Gasteiger partial charge in [-0.3, -0.25) is 4.79 Å². The molecule has 0 aliphatic rings. The number of carbonyl (C=O) groups excluding carboxylic acids is 2. The largest absolute Gasteiger partial charge is 0.453 e. The number of ketones is 1. The molecule has 4 nitrogen and oxygen atoms in total. The van der Waals surface area contributed by atoms with E-state index >= 15 is 0 Å². The molecule has 1 atom stereocenters. The Balaban J connectivity index is 2.59. The van der Waals surface area contributed by atoms with E-state index in [1.54, 1.807) is 0 Å². The van der Waals surface area contributed by atoms with Crippen LogP contribution in [0.3, 0.4) is 0 Å². The SMILES string of the molecule is CCCCCCCC(=O)[C@H](NC(=O)OC)c1ccccc1. The molecule has 0 saturated carbocycles. The van der Waals surface area contributed by atoms with E-state index in [9.17, 15) is 9.59 Å². The van der Waals surface area contributed by atoms with Crippen molar-refractivity contribution in [1.29, 1.82) is 0 Å². The van der Waals surface area contributed by atoms with Gasteiger partial charge in [-0.25, -0.2) is 4.79 Å². The molecule has 0 aliphatic heterocycles. The van der Waals surface area contributed by atoms with Gasteiger partial charge in [0.15, 0.2) is 5.78 Å². The Bertz CT molecular complexity index is 431. The van der Waals surface area contributed by atoms with Crippen LogP contribution in [0.2, 0.25) is 0 Å². The molecule has 0 aliphatic carbocycles. The maximum Gasteiger partial charge on any atom is 0.407 e. The second-order valence-corrected chi connectivity index (χ2v) is 5.11. The molecule has 0 radical (unpaired) electrons. The topological polar surface area (TPSA) is 55.4 Å². The maximum atomic E-state index is 12.4. The van der Waals surface area contributed by atoms with Crippen molar-refractivity contribution in [2.45, 2.75) is 51.5 Å². The number of Topliss-reactive ketones (excluding diaryl/α,β-unsaturated/α-hetero) is 1. The summed E-state index contributed by atoms with van der Waals surface area (Å²) < 4.78 is 4.61. The van der Waals surface area contributed by atoms with E-state index in [-0.39, 0.29) is 5.78 Å². The number of unbranched alkanes of at least 4 members (excludes halogenated alkanes) is 4. The molecule has 0 spiro atoms. The Morgan fingerprint density at radius 3 is 2.38 bits per heavy atom. The van der Waals surface area contributed by atoms with Crippen molar-refractivity contribution in [3.63, 3.8) is 0 Å². The van der Waals surface area contributed by atoms with Crippen molar-refractivity contribution in [3.8, 4) is 0 Å². The van der Waals surface area contributed by atoms with Crippen molar-refractivity contribution < 1.29 is 14.3 Å². The maximum absolute atomic E-state index is 12.4. The summed E-state index contributed by atoms with van der Waals surface area (Å²) in [6.45, 7) is 2.16. The van der Waals surface area contributed by atoms with E-state index in [0.29, 0.717) is 6.42 Å². The molecule has 0 unspecified atom stereocenters. The highest BCUT2D eigenvalue weighted by Crippen LogP contribution is 2.17. The minimum atomic E-state index is -0.621. The van der Waals surface area contributed by atoms with Crippen LogP contribution in [0.25, 0.3) is 0 Å². The molecule has 1 N–H and O–H groups in total. The zero-order valence-corrected chi connectivity index (χ0v) is 12.9. The molecule has 21 heavy (non-hydrogen) atoms. The van der Waals surface area contributed by atoms with Crippen LogP contribution in [0.1, 0.15) is 57.1 Å². The van der Waals surface area contributed by atoms with Crippen LogP contribution in [0.4, 0.5) is 4.79 Å². The van der Waals surface area contributed by atoms with Crippen molar-refractivity contribution in [2.24, 2.45) is 0 Å². The molecular weight excluding hydrogens is 266 g/mol. The number of alkyl carbamates (subject to hydrolysis) is 1. The summed E-state index contributed by atoms with van der Waals surface area (Å²) in [6, 6.07) is 8.66. The molecule has 0 fully saturated rings. The van der Waals surface area contributed by atoms with Crippen LogP contribution in [-0.2, 0) is 9.53 Å². The lowest BCUT2D eigenvalue weighted by atomic mass is 9.98. The summed E-state index contributed by atoms with van der Waals surface area (Å²) >= 11 is 0. The highest BCUT2D eigenvalue weighted by Gasteiger charge is 2.22. The molecule has 0 saturated heterocycles. The molecule has 1 amide bonds. The third-order valence-corrected chi connectivity index (χ3v) is 3.43. The molecular formula is C17H25NO3. The van der Waals surface area contributed by atoms with Crippen molar-refractivity contribution in [1.82, 2.24) is 5.32 Å². The molecule has 116 valence electrons. The van der Waals surface area contributed by atoms with Gasteiger partial charge in [-0.15, -0.1) is 0 Å². The first kappa shape index (κ1) is 17.2. The number of hydrogen-bond acceptors (Lipinski definition) is 3. The van der Waals surface area contributed by atoms with Crippen molar-refractivity contribution in [3.05, 3.63) is 35.9 Å². The zero-order valence-electron chi connectivity index (χ0n) is 12.9. The van der Waals surface area contributed by atoms with Crippen LogP contribution in [0.15, 0.2) is 30.3 Å². The monoisotopic (exact) mass is 291 g/mol. The normalized spacial score (nSPS) is 11.7. The predicted octanol–water partition coefficient (Wildman–Crippen LogP) is 4.01. The van der Waals surface area contributed by atoms with E-state index in [1.807, 2.05) is 30.3 Å². The Hall–Kier alpha value is -1.84. The number of ether oxygens (including phenoxy) is 1. The summed E-state index contributed by atoms with van der Waals surface area (Å²) in [7, 11) is 1.30. The first-order valence-corrected chi connectivity index (χ1v) is 7.61. The summed E-state index contributed by atoms with van der Waals surface area (Å²) in [4.78, 5) is 23.8. The molecule has 1 aromatic carbocycles. The van der Waals surface area contributed by atoms with Crippen LogP contribution in [0, 0.1) is 0 Å². The van der Waals surface area contributed by atoms with Gasteiger partial charge >= 0.3 is 6.09 Å². The Kier molecular flexibility index (Phi) is 8.17. The van der Waals surface area contributed by atoms with Gasteiger partial charge < -0.3 is 10.1 Å². The molecule has 1 aromatic rings. The molecule has 0 bridgehead atoms. The fraction of sp³-hybridized carbons (Fsp3) is 0.529. The highest BCUT2D eigenvalue weighted by atomic mass is 16.5. The molecule has 1 rings (SSSR count). The summed E-state index contributed by atoms with van der Waals surface area (Å²) in [5.41, 5.74) is 0.793. The van der Waals surface area contributed by atoms with E-state index in [0.717, 1.165) is 24.8 Å². The van der Waals surface area contributed by atoms with Gasteiger partial charge in [-0.05, 0) is 12.0 Å². The molecule has 0 aromatic heterocycles. The average molecular weight is 291 g/mol. The van der Waals surface area contributed by atoms with Crippen LogP contribution >= 0.6 is 0 Å². The van der Waals surface area contributed by atoms with Crippen LogP contribution in [-0.4, -0.2) is 19.0 Å². The van der Waals surface area contributed by atoms with Crippen molar-refractivity contribution >= 4 is 11.9 Å². The van der Waals surface area contributed by atoms with Gasteiger partial charge in [-0.1, -0.05) is 62.9 Å². The third-order valence-electron chi connectivity index (χ3n) is 3.43. The van der Waals surface area contributed by atoms with Crippen LogP contribution in [0.5, 0.6) is 0 Å². The lowest BCUT2D eigenvalue weighted by Crippen LogP contribution is -2.33. The first-order valence-electron chi connectivity index (χ1n) is 7.61. The quantitative estimate of drug-likeness (QED) is 0.699. The van der Waals surface area contributed by atoms with Crippen molar-refractivity contribution in [2.75, 3.05) is 7.11 Å². The second kappa shape index (κ2) is 9.97. The number of rotatable bonds is 9. The fourth-order valence-corrected chi connectivity index (χ4v) is 2.22. The van der Waals surface area contributed by atoms with E-state index < -0.39 is 12.1 Å². The Labute approximate surface area is 126 Å². The summed E-state index contributed by atoms with van der Waals surface area (Å²) in [5, 5.41) is 2.62. The van der Waals surface area contributed by atoms with Gasteiger partial charge in [0.1, 0.15) is 6.04 Å². The first-order chi connectivity index (χ1) is 10.2. The lowest BCUT2D eigenvalue weighted by molar-refractivity contribution is -0.121. The lowest BCUT2D eigenvalue weighted by Gasteiger charge is -2.17. The second-order valence-electron chi connectivity index (χ2n) is 5.11. The smallest absolute Gasteiger partial charge is 0.407 e. The van der Waals surface area contributed by atoms with Gasteiger partial charge in [0.05, 0.1) is 7.11 Å². The highest BCUT2D eigenvalue weighted by molar-refractivity contribution is 5.88. The summed E-state index contributed by atoms with van der Waals surface area (Å²) in [5.74, 6) is 0.0306. The number of nitrogens with one attached hydrogen (secondary N) is 1. The number of methoxy groups -OCH3 is 1. The Morgan fingerprint density at radius 2 is 1.76 bits per heavy atom. The number of benzene rings is 1. The zero-order chi connectivity index (χ0) is 15.5. The minimum absolute atomic E-state index is 0.0306. The number of carbonyl (C=O) groups is 2. The van der Waals surface area contributed by atoms with E-state index in [2.05, 4.69) is 17.0 Å². The predicted molar refractivity (Wildman–Crippen MR) is 83.1 cm³/mol. The average Bonchev–Trinajstić information content (AvgIpc) is 2.52. The molecule has 4 heteroatoms. The van der Waals surface area contributed by atoms with Gasteiger partial charge in [-0.2, -0.15) is 0 Å². The van der Waals surface area contributed by atoms with E-state index in [4.69, 9.17) is 0 Å². The minimum Gasteiger partial charge on any atom is -0.453 e. The van der Waals surface area contributed by atoms with Gasteiger partial charge in [0.25, 0.3) is 0 Å². The fourth-order valence-electron chi connectivity index (χ4n) is 2.22. The van der Waals surface area contributed by atoms with Gasteiger partial charge in [0, 0.05) is 6.42 Å². The van der Waals surface area contributed by atoms with Gasteiger partial charge in [0.2, 0.25) is 0 Å². The van der Waals surface area contributed by atoms with Crippen LogP contribution < -0.4 is 5.32 Å². The molecule has 0 heterocycles. The summed E-state index contributed by atoms with van der Waals surface area (Å²) in [6.07, 6.45) is 5.37. The standard InChI is InChI=1S/C17H25NO3/c1-3-4-5-6-10-13-15(19)16(18-17(20)21-2)14-11-8-7-9-12-14/h7-9,11-12,16H,3-6,10,13H2,1-2H3,(H,18,20)/t16-/m1/s1. The number of amides is 1.